The lowest BCUT2D eigenvalue weighted by atomic mass is 10.4. The molecule has 0 radical (unpaired) electrons. The highest BCUT2D eigenvalue weighted by molar-refractivity contribution is 5.84. The fourth-order valence-electron chi connectivity index (χ4n) is 1.48. The van der Waals surface area contributed by atoms with E-state index in [1.165, 1.54) is 6.33 Å². The van der Waals surface area contributed by atoms with Crippen molar-refractivity contribution in [2.24, 2.45) is 7.05 Å². The number of aromatic amines is 1. The summed E-state index contributed by atoms with van der Waals surface area (Å²) in [5, 5.41) is 7.21. The number of aryl methyl sites for hydroxylation is 1. The highest BCUT2D eigenvalue weighted by atomic mass is 15.3. The molecule has 0 bridgehead atoms. The molecule has 7 heteroatoms. The SMILES string of the molecule is Cn1cc(Nc2ncnc3nc[nH]c23)cn1. The average molecular weight is 215 g/mol. The standard InChI is InChI=1S/C9H9N7/c1-16-3-6(2-14-16)15-9-7-8(11-4-10-7)12-5-13-9/h2-5H,1H3,(H2,10,11,12,13,15). The fraction of sp³-hybridized carbons (Fsp3) is 0.111. The van der Waals surface area contributed by atoms with E-state index in [0.717, 1.165) is 11.2 Å². The number of imidazole rings is 1. The molecule has 3 aromatic rings. The quantitative estimate of drug-likeness (QED) is 0.661. The van der Waals surface area contributed by atoms with Gasteiger partial charge in [-0.25, -0.2) is 15.0 Å². The third-order valence-corrected chi connectivity index (χ3v) is 2.19. The van der Waals surface area contributed by atoms with Crippen molar-refractivity contribution in [1.82, 2.24) is 29.7 Å². The maximum Gasteiger partial charge on any atom is 0.182 e. The van der Waals surface area contributed by atoms with E-state index in [-0.39, 0.29) is 0 Å². The van der Waals surface area contributed by atoms with E-state index < -0.39 is 0 Å². The second-order valence-electron chi connectivity index (χ2n) is 3.35. The molecular formula is C9H9N7. The Morgan fingerprint density at radius 1 is 1.31 bits per heavy atom. The smallest absolute Gasteiger partial charge is 0.182 e. The summed E-state index contributed by atoms with van der Waals surface area (Å²) in [5.41, 5.74) is 2.30. The number of rotatable bonds is 2. The molecular weight excluding hydrogens is 206 g/mol. The first-order valence-corrected chi connectivity index (χ1v) is 4.73. The van der Waals surface area contributed by atoms with Crippen LogP contribution in [0.25, 0.3) is 11.2 Å². The van der Waals surface area contributed by atoms with Gasteiger partial charge in [-0.2, -0.15) is 5.10 Å². The molecule has 0 aromatic carbocycles. The molecule has 3 heterocycles. The fourth-order valence-corrected chi connectivity index (χ4v) is 1.48. The summed E-state index contributed by atoms with van der Waals surface area (Å²) in [6, 6.07) is 0. The second kappa shape index (κ2) is 3.30. The van der Waals surface area contributed by atoms with Crippen LogP contribution in [0.2, 0.25) is 0 Å². The van der Waals surface area contributed by atoms with Crippen molar-refractivity contribution in [1.29, 1.82) is 0 Å². The molecule has 0 aliphatic heterocycles. The summed E-state index contributed by atoms with van der Waals surface area (Å²) < 4.78 is 1.72. The zero-order valence-corrected chi connectivity index (χ0v) is 8.55. The van der Waals surface area contributed by atoms with Crippen LogP contribution in [0.5, 0.6) is 0 Å². The molecule has 0 atom stereocenters. The van der Waals surface area contributed by atoms with Crippen LogP contribution in [-0.4, -0.2) is 29.7 Å². The van der Waals surface area contributed by atoms with Gasteiger partial charge in [0, 0.05) is 13.2 Å². The van der Waals surface area contributed by atoms with Gasteiger partial charge >= 0.3 is 0 Å². The Balaban J connectivity index is 2.03. The van der Waals surface area contributed by atoms with E-state index in [1.807, 2.05) is 13.2 Å². The maximum absolute atomic E-state index is 4.15. The summed E-state index contributed by atoms with van der Waals surface area (Å²) in [5.74, 6) is 0.690. The van der Waals surface area contributed by atoms with Gasteiger partial charge in [0.1, 0.15) is 11.8 Å². The van der Waals surface area contributed by atoms with Gasteiger partial charge in [-0.05, 0) is 0 Å². The number of hydrogen-bond donors (Lipinski definition) is 2. The van der Waals surface area contributed by atoms with Crippen molar-refractivity contribution in [2.75, 3.05) is 5.32 Å². The molecule has 3 aromatic heterocycles. The van der Waals surface area contributed by atoms with E-state index in [0.29, 0.717) is 11.5 Å². The summed E-state index contributed by atoms with van der Waals surface area (Å²) >= 11 is 0. The Hall–Kier alpha value is -2.44. The summed E-state index contributed by atoms with van der Waals surface area (Å²) in [4.78, 5) is 15.2. The van der Waals surface area contributed by atoms with Crippen molar-refractivity contribution in [3.05, 3.63) is 25.0 Å². The number of H-pyrrole nitrogens is 1. The largest absolute Gasteiger partial charge is 0.340 e. The number of fused-ring (bicyclic) bond motifs is 1. The summed E-state index contributed by atoms with van der Waals surface area (Å²) in [6.07, 6.45) is 6.66. The molecule has 0 saturated heterocycles. The Morgan fingerprint density at radius 3 is 3.06 bits per heavy atom. The zero-order valence-electron chi connectivity index (χ0n) is 8.55. The number of anilines is 2. The lowest BCUT2D eigenvalue weighted by molar-refractivity contribution is 0.768. The van der Waals surface area contributed by atoms with E-state index in [4.69, 9.17) is 0 Å². The van der Waals surface area contributed by atoms with Gasteiger partial charge in [-0.1, -0.05) is 0 Å². The minimum Gasteiger partial charge on any atom is -0.340 e. The number of nitrogens with zero attached hydrogens (tertiary/aromatic N) is 5. The second-order valence-corrected chi connectivity index (χ2v) is 3.35. The molecule has 2 N–H and O–H groups in total. The van der Waals surface area contributed by atoms with Gasteiger partial charge in [-0.15, -0.1) is 0 Å². The van der Waals surface area contributed by atoms with Crippen molar-refractivity contribution >= 4 is 22.7 Å². The van der Waals surface area contributed by atoms with Crippen LogP contribution < -0.4 is 5.32 Å². The minimum atomic E-state index is 0.640. The van der Waals surface area contributed by atoms with Crippen molar-refractivity contribution in [2.45, 2.75) is 0 Å². The van der Waals surface area contributed by atoms with Gasteiger partial charge in [-0.3, -0.25) is 4.68 Å². The summed E-state index contributed by atoms with van der Waals surface area (Å²) in [6.45, 7) is 0. The molecule has 0 fully saturated rings. The number of hydrogen-bond acceptors (Lipinski definition) is 5. The van der Waals surface area contributed by atoms with Crippen LogP contribution in [-0.2, 0) is 7.05 Å². The van der Waals surface area contributed by atoms with Gasteiger partial charge in [0.05, 0.1) is 18.2 Å². The molecule has 7 nitrogen and oxygen atoms in total. The first-order valence-electron chi connectivity index (χ1n) is 4.73. The molecule has 0 aliphatic rings. The third kappa shape index (κ3) is 1.38. The molecule has 0 saturated carbocycles. The first-order chi connectivity index (χ1) is 7.83. The normalized spacial score (nSPS) is 10.8. The minimum absolute atomic E-state index is 0.640. The van der Waals surface area contributed by atoms with E-state index in [9.17, 15) is 0 Å². The van der Waals surface area contributed by atoms with Gasteiger partial charge in [0.2, 0.25) is 0 Å². The van der Waals surface area contributed by atoms with E-state index in [2.05, 4.69) is 30.4 Å². The van der Waals surface area contributed by atoms with Crippen LogP contribution in [0.4, 0.5) is 11.5 Å². The summed E-state index contributed by atoms with van der Waals surface area (Å²) in [7, 11) is 1.86. The molecule has 0 unspecified atom stereocenters. The average Bonchev–Trinajstić information content (AvgIpc) is 2.87. The maximum atomic E-state index is 4.15. The predicted octanol–water partition coefficient (Wildman–Crippen LogP) is 0.830. The van der Waals surface area contributed by atoms with Crippen LogP contribution in [0.15, 0.2) is 25.0 Å². The lowest BCUT2D eigenvalue weighted by Gasteiger charge is -2.01. The van der Waals surface area contributed by atoms with Crippen LogP contribution in [0.1, 0.15) is 0 Å². The van der Waals surface area contributed by atoms with Crippen LogP contribution in [0.3, 0.4) is 0 Å². The van der Waals surface area contributed by atoms with Crippen LogP contribution in [0, 0.1) is 0 Å². The Labute approximate surface area is 90.6 Å². The monoisotopic (exact) mass is 215 g/mol. The van der Waals surface area contributed by atoms with E-state index >= 15 is 0 Å². The highest BCUT2D eigenvalue weighted by Gasteiger charge is 2.06. The van der Waals surface area contributed by atoms with Gasteiger partial charge in [0.15, 0.2) is 11.5 Å². The van der Waals surface area contributed by atoms with E-state index in [1.54, 1.807) is 17.2 Å². The zero-order chi connectivity index (χ0) is 11.0. The molecule has 16 heavy (non-hydrogen) atoms. The lowest BCUT2D eigenvalue weighted by Crippen LogP contribution is -1.94. The van der Waals surface area contributed by atoms with Crippen molar-refractivity contribution < 1.29 is 0 Å². The number of nitrogens with one attached hydrogen (secondary N) is 2. The number of aromatic nitrogens is 6. The Kier molecular flexibility index (Phi) is 1.82. The van der Waals surface area contributed by atoms with Crippen molar-refractivity contribution in [3.63, 3.8) is 0 Å². The predicted molar refractivity (Wildman–Crippen MR) is 58.2 cm³/mol. The van der Waals surface area contributed by atoms with Crippen LogP contribution >= 0.6 is 0 Å². The molecule has 0 aliphatic carbocycles. The van der Waals surface area contributed by atoms with Gasteiger partial charge in [0.25, 0.3) is 0 Å². The van der Waals surface area contributed by atoms with Crippen molar-refractivity contribution in [3.8, 4) is 0 Å². The molecule has 80 valence electrons. The molecule has 0 amide bonds. The van der Waals surface area contributed by atoms with Gasteiger partial charge < -0.3 is 10.3 Å². The topological polar surface area (TPSA) is 84.3 Å². The Bertz CT molecular complexity index is 623. The first kappa shape index (κ1) is 8.84. The molecule has 0 spiro atoms. The Morgan fingerprint density at radius 2 is 2.25 bits per heavy atom. The molecule has 3 rings (SSSR count). The third-order valence-electron chi connectivity index (χ3n) is 2.19. The highest BCUT2D eigenvalue weighted by Crippen LogP contribution is 2.19.